The van der Waals surface area contributed by atoms with E-state index in [1.54, 1.807) is 24.3 Å². The highest BCUT2D eigenvalue weighted by Crippen LogP contribution is 2.47. The molecule has 2 N–H and O–H groups in total. The van der Waals surface area contributed by atoms with Crippen LogP contribution in [0.25, 0.3) is 6.08 Å². The number of aryl methyl sites for hydroxylation is 1. The number of aromatic carboxylic acids is 1. The largest absolute Gasteiger partial charge is 0.490 e. The molecule has 0 heterocycles. The van der Waals surface area contributed by atoms with Crippen LogP contribution in [0.5, 0.6) is 5.75 Å². The van der Waals surface area contributed by atoms with Crippen molar-refractivity contribution in [1.29, 1.82) is 0 Å². The molecular formula is C24H25NO4. The maximum absolute atomic E-state index is 12.2. The maximum atomic E-state index is 12.2. The van der Waals surface area contributed by atoms with E-state index in [9.17, 15) is 14.7 Å². The van der Waals surface area contributed by atoms with Crippen LogP contribution in [-0.4, -0.2) is 23.1 Å². The molecule has 0 aliphatic heterocycles. The van der Waals surface area contributed by atoms with E-state index in [2.05, 4.69) is 5.32 Å². The number of carbonyl (C=O) groups is 2. The molecule has 29 heavy (non-hydrogen) atoms. The first-order valence-electron chi connectivity index (χ1n) is 10.1. The van der Waals surface area contributed by atoms with Crippen molar-refractivity contribution in [2.24, 2.45) is 11.8 Å². The summed E-state index contributed by atoms with van der Waals surface area (Å²) in [4.78, 5) is 23.4. The summed E-state index contributed by atoms with van der Waals surface area (Å²) in [5.41, 5.74) is 2.28. The van der Waals surface area contributed by atoms with Gasteiger partial charge in [0.05, 0.1) is 11.3 Å². The third-order valence-corrected chi connectivity index (χ3v) is 5.98. The van der Waals surface area contributed by atoms with Gasteiger partial charge in [-0.15, -0.1) is 0 Å². The Morgan fingerprint density at radius 3 is 2.62 bits per heavy atom. The number of carboxylic acids is 1. The van der Waals surface area contributed by atoms with E-state index in [0.29, 0.717) is 12.0 Å². The van der Waals surface area contributed by atoms with Crippen molar-refractivity contribution >= 4 is 23.6 Å². The van der Waals surface area contributed by atoms with Crippen LogP contribution in [-0.2, 0) is 4.79 Å². The SMILES string of the molecule is Cc1cc(/C=C/C(=O)Nc2ccccc2C(=O)O)ccc1OC1CCC2CC1C2. The van der Waals surface area contributed by atoms with Crippen molar-refractivity contribution in [3.63, 3.8) is 0 Å². The first-order chi connectivity index (χ1) is 14.0. The van der Waals surface area contributed by atoms with Crippen molar-refractivity contribution in [3.05, 3.63) is 65.2 Å². The standard InChI is InChI=1S/C24H25NO4/c1-15-12-16(6-9-21(15)29-22-10-7-17-13-18(22)14-17)8-11-23(26)25-20-5-3-2-4-19(20)24(27)28/h2-6,8-9,11-12,17-18,22H,7,10,13-14H2,1H3,(H,25,26)(H,27,28)/b11-8+. The summed E-state index contributed by atoms with van der Waals surface area (Å²) in [6, 6.07) is 12.2. The number of benzene rings is 2. The predicted octanol–water partition coefficient (Wildman–Crippen LogP) is 4.91. The van der Waals surface area contributed by atoms with Crippen molar-refractivity contribution in [2.45, 2.75) is 38.7 Å². The Bertz CT molecular complexity index is 956. The van der Waals surface area contributed by atoms with Crippen molar-refractivity contribution in [1.82, 2.24) is 0 Å². The van der Waals surface area contributed by atoms with Gasteiger partial charge in [0.1, 0.15) is 11.9 Å². The molecule has 1 atom stereocenters. The number of carboxylic acid groups (broad SMARTS) is 1. The highest BCUT2D eigenvalue weighted by Gasteiger charge is 2.41. The molecule has 0 radical (unpaired) electrons. The fraction of sp³-hybridized carbons (Fsp3) is 0.333. The van der Waals surface area contributed by atoms with E-state index in [1.165, 1.54) is 31.4 Å². The van der Waals surface area contributed by atoms with Crippen LogP contribution < -0.4 is 10.1 Å². The zero-order valence-electron chi connectivity index (χ0n) is 16.4. The smallest absolute Gasteiger partial charge is 0.337 e. The molecule has 5 heteroatoms. The van der Waals surface area contributed by atoms with Gasteiger partial charge in [-0.1, -0.05) is 18.2 Å². The lowest BCUT2D eigenvalue weighted by molar-refractivity contribution is -0.111. The topological polar surface area (TPSA) is 75.6 Å². The van der Waals surface area contributed by atoms with Gasteiger partial charge in [-0.3, -0.25) is 4.79 Å². The molecule has 5 rings (SSSR count). The van der Waals surface area contributed by atoms with Crippen LogP contribution in [0.15, 0.2) is 48.5 Å². The number of hydrogen-bond donors (Lipinski definition) is 2. The fourth-order valence-corrected chi connectivity index (χ4v) is 4.31. The average Bonchev–Trinajstić information content (AvgIpc) is 2.68. The number of anilines is 1. The minimum Gasteiger partial charge on any atom is -0.490 e. The van der Waals surface area contributed by atoms with E-state index in [0.717, 1.165) is 29.2 Å². The molecule has 1 unspecified atom stereocenters. The summed E-state index contributed by atoms with van der Waals surface area (Å²) in [6.07, 6.45) is 8.50. The van der Waals surface area contributed by atoms with Crippen molar-refractivity contribution in [3.8, 4) is 5.75 Å². The second-order valence-electron chi connectivity index (χ2n) is 8.03. The first-order valence-corrected chi connectivity index (χ1v) is 10.1. The number of para-hydroxylation sites is 1. The Morgan fingerprint density at radius 2 is 1.93 bits per heavy atom. The number of fused-ring (bicyclic) bond motifs is 2. The highest BCUT2D eigenvalue weighted by molar-refractivity contribution is 6.06. The average molecular weight is 391 g/mol. The summed E-state index contributed by atoms with van der Waals surface area (Å²) in [5, 5.41) is 11.8. The lowest BCUT2D eigenvalue weighted by Crippen LogP contribution is -2.42. The number of carbonyl (C=O) groups excluding carboxylic acids is 1. The van der Waals surface area contributed by atoms with Gasteiger partial charge in [0.2, 0.25) is 5.91 Å². The van der Waals surface area contributed by atoms with Crippen molar-refractivity contribution in [2.75, 3.05) is 5.32 Å². The van der Waals surface area contributed by atoms with Gasteiger partial charge in [-0.25, -0.2) is 4.79 Å². The molecule has 3 fully saturated rings. The number of nitrogens with one attached hydrogen (secondary N) is 1. The number of hydrogen-bond acceptors (Lipinski definition) is 3. The second kappa shape index (κ2) is 8.11. The van der Waals surface area contributed by atoms with Gasteiger partial charge < -0.3 is 15.2 Å². The normalized spacial score (nSPS) is 22.7. The summed E-state index contributed by atoms with van der Waals surface area (Å²) in [5.74, 6) is 1.11. The quantitative estimate of drug-likeness (QED) is 0.686. The predicted molar refractivity (Wildman–Crippen MR) is 112 cm³/mol. The van der Waals surface area contributed by atoms with Crippen LogP contribution in [0, 0.1) is 18.8 Å². The van der Waals surface area contributed by atoms with Gasteiger partial charge in [0.15, 0.2) is 0 Å². The third-order valence-electron chi connectivity index (χ3n) is 5.98. The molecular weight excluding hydrogens is 366 g/mol. The lowest BCUT2D eigenvalue weighted by atomic mass is 9.64. The van der Waals surface area contributed by atoms with Crippen LogP contribution in [0.3, 0.4) is 0 Å². The molecule has 3 aliphatic carbocycles. The van der Waals surface area contributed by atoms with Gasteiger partial charge >= 0.3 is 5.97 Å². The molecule has 2 aromatic rings. The fourth-order valence-electron chi connectivity index (χ4n) is 4.31. The van der Waals surface area contributed by atoms with Crippen LogP contribution in [0.4, 0.5) is 5.69 Å². The van der Waals surface area contributed by atoms with Crippen LogP contribution in [0.1, 0.15) is 47.2 Å². The van der Waals surface area contributed by atoms with Crippen molar-refractivity contribution < 1.29 is 19.4 Å². The minimum atomic E-state index is -1.08. The molecule has 2 bridgehead atoms. The first kappa shape index (κ1) is 19.2. The lowest BCUT2D eigenvalue weighted by Gasteiger charge is -2.46. The molecule has 0 aromatic heterocycles. The zero-order chi connectivity index (χ0) is 20.4. The molecule has 3 aliphatic rings. The van der Waals surface area contributed by atoms with E-state index < -0.39 is 5.97 Å². The summed E-state index contributed by atoms with van der Waals surface area (Å²) >= 11 is 0. The number of ether oxygens (including phenoxy) is 1. The Morgan fingerprint density at radius 1 is 1.14 bits per heavy atom. The monoisotopic (exact) mass is 391 g/mol. The van der Waals surface area contributed by atoms with E-state index >= 15 is 0 Å². The molecule has 1 amide bonds. The minimum absolute atomic E-state index is 0.0621. The van der Waals surface area contributed by atoms with Gasteiger partial charge in [-0.05, 0) is 85.9 Å². The molecule has 150 valence electrons. The third kappa shape index (κ3) is 4.34. The van der Waals surface area contributed by atoms with Gasteiger partial charge in [-0.2, -0.15) is 0 Å². The van der Waals surface area contributed by atoms with E-state index in [-0.39, 0.29) is 17.2 Å². The highest BCUT2D eigenvalue weighted by atomic mass is 16.5. The maximum Gasteiger partial charge on any atom is 0.337 e. The Labute approximate surface area is 170 Å². The second-order valence-corrected chi connectivity index (χ2v) is 8.03. The molecule has 3 saturated carbocycles. The molecule has 2 aromatic carbocycles. The number of amides is 1. The summed E-state index contributed by atoms with van der Waals surface area (Å²) < 4.78 is 6.27. The molecule has 0 saturated heterocycles. The Kier molecular flexibility index (Phi) is 5.38. The van der Waals surface area contributed by atoms with Gasteiger partial charge in [0.25, 0.3) is 0 Å². The van der Waals surface area contributed by atoms with Crippen LogP contribution in [0.2, 0.25) is 0 Å². The van der Waals surface area contributed by atoms with E-state index in [4.69, 9.17) is 4.74 Å². The molecule has 5 nitrogen and oxygen atoms in total. The molecule has 0 spiro atoms. The zero-order valence-corrected chi connectivity index (χ0v) is 16.4. The summed E-state index contributed by atoms with van der Waals surface area (Å²) in [6.45, 7) is 2.02. The number of rotatable bonds is 6. The van der Waals surface area contributed by atoms with E-state index in [1.807, 2.05) is 25.1 Å². The Hall–Kier alpha value is -3.08. The van der Waals surface area contributed by atoms with Gasteiger partial charge in [0, 0.05) is 6.08 Å². The van der Waals surface area contributed by atoms with Crippen LogP contribution >= 0.6 is 0 Å². The Balaban J connectivity index is 1.39. The summed E-state index contributed by atoms with van der Waals surface area (Å²) in [7, 11) is 0.